The Hall–Kier alpha value is -2.74. The van der Waals surface area contributed by atoms with E-state index in [0.29, 0.717) is 30.8 Å². The average Bonchev–Trinajstić information content (AvgIpc) is 3.21. The molecule has 0 radical (unpaired) electrons. The third kappa shape index (κ3) is 3.76. The lowest BCUT2D eigenvalue weighted by molar-refractivity contribution is -0.113. The van der Waals surface area contributed by atoms with Crippen LogP contribution in [0.5, 0.6) is 5.88 Å². The smallest absolute Gasteiger partial charge is 0.216 e. The summed E-state index contributed by atoms with van der Waals surface area (Å²) in [5.74, 6) is -0.569. The first-order chi connectivity index (χ1) is 13.8. The predicted octanol–water partition coefficient (Wildman–Crippen LogP) is 2.80. The van der Waals surface area contributed by atoms with E-state index >= 15 is 0 Å². The maximum Gasteiger partial charge on any atom is 0.216 e. The molecule has 0 aromatic carbocycles. The van der Waals surface area contributed by atoms with Crippen molar-refractivity contribution in [3.05, 3.63) is 40.2 Å². The van der Waals surface area contributed by atoms with E-state index in [0.717, 1.165) is 17.0 Å². The molecule has 0 spiro atoms. The molecule has 7 nitrogen and oxygen atoms in total. The van der Waals surface area contributed by atoms with Gasteiger partial charge in [-0.15, -0.1) is 0 Å². The Kier molecular flexibility index (Phi) is 5.12. The number of hydrogen-bond donors (Lipinski definition) is 0. The number of carbonyl (C=O) groups excluding carboxylic acids is 1. The molecule has 2 aliphatic rings. The summed E-state index contributed by atoms with van der Waals surface area (Å²) in [4.78, 5) is 21.7. The van der Waals surface area contributed by atoms with Gasteiger partial charge < -0.3 is 9.64 Å². The first-order valence-electron chi connectivity index (χ1n) is 9.36. The SMILES string of the molecule is Cc1nn(C)c(C)c1-c1cc(F)nc(O[C@@H]2CCN(C3=C(Cl)C(=O)CN=C3)C2)c1. The number of aryl methyl sites for hydroxylation is 2. The summed E-state index contributed by atoms with van der Waals surface area (Å²) < 4.78 is 22.0. The van der Waals surface area contributed by atoms with E-state index < -0.39 is 5.95 Å². The highest BCUT2D eigenvalue weighted by molar-refractivity contribution is 6.44. The van der Waals surface area contributed by atoms with Crippen LogP contribution in [0.25, 0.3) is 11.1 Å². The van der Waals surface area contributed by atoms with Crippen LogP contribution in [0.4, 0.5) is 4.39 Å². The lowest BCUT2D eigenvalue weighted by atomic mass is 10.1. The highest BCUT2D eigenvalue weighted by Gasteiger charge is 2.29. The summed E-state index contributed by atoms with van der Waals surface area (Å²) >= 11 is 6.15. The van der Waals surface area contributed by atoms with E-state index in [9.17, 15) is 9.18 Å². The minimum atomic E-state index is -0.606. The van der Waals surface area contributed by atoms with E-state index in [1.54, 1.807) is 17.0 Å². The van der Waals surface area contributed by atoms with Crippen molar-refractivity contribution in [3.63, 3.8) is 0 Å². The van der Waals surface area contributed by atoms with Crippen LogP contribution >= 0.6 is 11.6 Å². The molecule has 152 valence electrons. The summed E-state index contributed by atoms with van der Waals surface area (Å²) in [6.45, 7) is 5.09. The molecule has 2 aromatic rings. The number of nitrogens with zero attached hydrogens (tertiary/aromatic N) is 5. The number of aromatic nitrogens is 3. The lowest BCUT2D eigenvalue weighted by Crippen LogP contribution is -2.28. The average molecular weight is 418 g/mol. The van der Waals surface area contributed by atoms with Crippen molar-refractivity contribution in [2.45, 2.75) is 26.4 Å². The van der Waals surface area contributed by atoms with Gasteiger partial charge in [0.1, 0.15) is 17.7 Å². The molecule has 0 N–H and O–H groups in total. The molecule has 0 saturated carbocycles. The number of Topliss-reactive ketones (excluding diaryl/α,β-unsaturated/α-hetero) is 1. The number of aliphatic imine (C=N–C) groups is 1. The fourth-order valence-electron chi connectivity index (χ4n) is 3.79. The van der Waals surface area contributed by atoms with E-state index in [1.807, 2.05) is 25.8 Å². The zero-order valence-corrected chi connectivity index (χ0v) is 17.2. The summed E-state index contributed by atoms with van der Waals surface area (Å²) in [6.07, 6.45) is 2.13. The van der Waals surface area contributed by atoms with Crippen molar-refractivity contribution < 1.29 is 13.9 Å². The largest absolute Gasteiger partial charge is 0.472 e. The highest BCUT2D eigenvalue weighted by atomic mass is 35.5. The van der Waals surface area contributed by atoms with Crippen molar-refractivity contribution in [2.75, 3.05) is 19.6 Å². The number of pyridine rings is 1. The van der Waals surface area contributed by atoms with E-state index in [2.05, 4.69) is 15.1 Å². The number of likely N-dealkylation sites (tertiary alicyclic amines) is 1. The van der Waals surface area contributed by atoms with Crippen LogP contribution in [0, 0.1) is 19.8 Å². The molecule has 29 heavy (non-hydrogen) atoms. The fourth-order valence-corrected chi connectivity index (χ4v) is 4.02. The standard InChI is InChI=1S/C20H21ClFN5O2/c1-11-19(12(2)26(3)25-11)13-6-17(22)24-18(7-13)29-14-4-5-27(10-14)15-8-23-9-16(28)20(15)21/h6-8,14H,4-5,9-10H2,1-3H3/t14-/m1/s1. The minimum absolute atomic E-state index is 0.0826. The molecule has 1 saturated heterocycles. The van der Waals surface area contributed by atoms with Crippen molar-refractivity contribution in [2.24, 2.45) is 12.0 Å². The number of ether oxygens (including phenoxy) is 1. The molecule has 0 bridgehead atoms. The Balaban J connectivity index is 1.54. The Morgan fingerprint density at radius 3 is 2.83 bits per heavy atom. The molecule has 2 aliphatic heterocycles. The predicted molar refractivity (Wildman–Crippen MR) is 108 cm³/mol. The van der Waals surface area contributed by atoms with Crippen molar-refractivity contribution in [1.82, 2.24) is 19.7 Å². The molecular formula is C20H21ClFN5O2. The third-order valence-corrected chi connectivity index (χ3v) is 5.66. The number of carbonyl (C=O) groups is 1. The van der Waals surface area contributed by atoms with Gasteiger partial charge in [-0.05, 0) is 19.4 Å². The zero-order valence-electron chi connectivity index (χ0n) is 16.4. The van der Waals surface area contributed by atoms with Crippen molar-refractivity contribution in [1.29, 1.82) is 0 Å². The Morgan fingerprint density at radius 1 is 1.31 bits per heavy atom. The monoisotopic (exact) mass is 417 g/mol. The number of rotatable bonds is 4. The van der Waals surface area contributed by atoms with Gasteiger partial charge in [0.2, 0.25) is 11.8 Å². The molecule has 0 aliphatic carbocycles. The second-order valence-corrected chi connectivity index (χ2v) is 7.63. The van der Waals surface area contributed by atoms with Crippen LogP contribution in [-0.4, -0.2) is 57.4 Å². The van der Waals surface area contributed by atoms with E-state index in [4.69, 9.17) is 16.3 Å². The van der Waals surface area contributed by atoms with Crippen LogP contribution in [0.1, 0.15) is 17.8 Å². The minimum Gasteiger partial charge on any atom is -0.472 e. The van der Waals surface area contributed by atoms with Gasteiger partial charge in [-0.25, -0.2) is 0 Å². The molecule has 0 unspecified atom stereocenters. The Labute approximate surface area is 172 Å². The van der Waals surface area contributed by atoms with Gasteiger partial charge in [0.05, 0.1) is 17.9 Å². The summed E-state index contributed by atoms with van der Waals surface area (Å²) in [5, 5.41) is 4.60. The summed E-state index contributed by atoms with van der Waals surface area (Å²) in [7, 11) is 1.85. The van der Waals surface area contributed by atoms with E-state index in [-0.39, 0.29) is 29.3 Å². The highest BCUT2D eigenvalue weighted by Crippen LogP contribution is 2.30. The van der Waals surface area contributed by atoms with Crippen molar-refractivity contribution >= 4 is 23.6 Å². The van der Waals surface area contributed by atoms with Crippen LogP contribution in [0.15, 0.2) is 27.9 Å². The van der Waals surface area contributed by atoms with E-state index in [1.165, 1.54) is 6.07 Å². The van der Waals surface area contributed by atoms with Gasteiger partial charge in [-0.1, -0.05) is 11.6 Å². The normalized spacial score (nSPS) is 19.4. The zero-order chi connectivity index (χ0) is 20.7. The second kappa shape index (κ2) is 7.59. The maximum absolute atomic E-state index is 14.2. The Morgan fingerprint density at radius 2 is 2.10 bits per heavy atom. The molecule has 1 atom stereocenters. The van der Waals surface area contributed by atoms with Crippen LogP contribution in [0.3, 0.4) is 0 Å². The number of hydrogen-bond acceptors (Lipinski definition) is 6. The topological polar surface area (TPSA) is 72.6 Å². The van der Waals surface area contributed by atoms with Gasteiger partial charge in [-0.2, -0.15) is 14.5 Å². The Bertz CT molecular complexity index is 1050. The summed E-state index contributed by atoms with van der Waals surface area (Å²) in [6, 6.07) is 3.13. The molecular weight excluding hydrogens is 397 g/mol. The molecule has 0 amide bonds. The van der Waals surface area contributed by atoms with Gasteiger partial charge in [-0.3, -0.25) is 14.5 Å². The van der Waals surface area contributed by atoms with Crippen molar-refractivity contribution in [3.8, 4) is 17.0 Å². The van der Waals surface area contributed by atoms with Crippen LogP contribution in [-0.2, 0) is 11.8 Å². The quantitative estimate of drug-likeness (QED) is 0.715. The molecule has 4 rings (SSSR count). The van der Waals surface area contributed by atoms with Gasteiger partial charge in [0.25, 0.3) is 0 Å². The second-order valence-electron chi connectivity index (χ2n) is 7.25. The maximum atomic E-state index is 14.2. The van der Waals surface area contributed by atoms with Gasteiger partial charge >= 0.3 is 0 Å². The number of dihydropyridines is 1. The molecule has 1 fully saturated rings. The third-order valence-electron chi connectivity index (χ3n) is 5.26. The van der Waals surface area contributed by atoms with Crippen LogP contribution < -0.4 is 4.74 Å². The number of ketones is 1. The molecule has 4 heterocycles. The van der Waals surface area contributed by atoms with Crippen LogP contribution in [0.2, 0.25) is 0 Å². The molecule has 9 heteroatoms. The lowest BCUT2D eigenvalue weighted by Gasteiger charge is -2.22. The fraction of sp³-hybridized carbons (Fsp3) is 0.400. The molecule has 2 aromatic heterocycles. The first-order valence-corrected chi connectivity index (χ1v) is 9.74. The van der Waals surface area contributed by atoms with Gasteiger partial charge in [0.15, 0.2) is 5.78 Å². The number of halogens is 2. The first kappa shape index (κ1) is 19.6. The van der Waals surface area contributed by atoms with Gasteiger partial charge in [0, 0.05) is 49.6 Å². The summed E-state index contributed by atoms with van der Waals surface area (Å²) in [5.41, 5.74) is 3.93. The number of allylic oxidation sites excluding steroid dienone is 1.